The number of nitrogens with zero attached hydrogens (tertiary/aromatic N) is 1. The Hall–Kier alpha value is -2.75. The van der Waals surface area contributed by atoms with Crippen LogP contribution in [0.25, 0.3) is 22.2 Å². The van der Waals surface area contributed by atoms with Crippen LogP contribution in [0.2, 0.25) is 0 Å². The highest BCUT2D eigenvalue weighted by atomic mass is 16.2. The maximum Gasteiger partial charge on any atom is 0.335 e. The molecule has 0 spiro atoms. The standard InChI is InChI=1S/C15H10N2O2/c18-14-15(19)17-13(10-6-2-1-3-7-10)11-8-4-5-9-12(11)16-14/h1-9H,(H,16,17,18,19). The van der Waals surface area contributed by atoms with Gasteiger partial charge in [0.15, 0.2) is 0 Å². The summed E-state index contributed by atoms with van der Waals surface area (Å²) in [6.45, 7) is 0. The van der Waals surface area contributed by atoms with Gasteiger partial charge >= 0.3 is 11.1 Å². The minimum Gasteiger partial charge on any atom is -0.317 e. The van der Waals surface area contributed by atoms with Crippen molar-refractivity contribution in [1.29, 1.82) is 0 Å². The summed E-state index contributed by atoms with van der Waals surface area (Å²) in [7, 11) is 0. The summed E-state index contributed by atoms with van der Waals surface area (Å²) in [6, 6.07) is 16.6. The zero-order valence-corrected chi connectivity index (χ0v) is 9.96. The van der Waals surface area contributed by atoms with Gasteiger partial charge in [-0.1, -0.05) is 48.5 Å². The fourth-order valence-corrected chi connectivity index (χ4v) is 2.00. The first-order valence-corrected chi connectivity index (χ1v) is 5.84. The predicted molar refractivity (Wildman–Crippen MR) is 74.1 cm³/mol. The Morgan fingerprint density at radius 3 is 2.32 bits per heavy atom. The van der Waals surface area contributed by atoms with Crippen molar-refractivity contribution in [3.8, 4) is 11.3 Å². The van der Waals surface area contributed by atoms with Crippen LogP contribution in [0.1, 0.15) is 0 Å². The van der Waals surface area contributed by atoms with Crippen molar-refractivity contribution in [3.63, 3.8) is 0 Å². The average Bonchev–Trinajstić information content (AvgIpc) is 2.58. The lowest BCUT2D eigenvalue weighted by Gasteiger charge is -2.00. The van der Waals surface area contributed by atoms with E-state index in [0.29, 0.717) is 11.2 Å². The Labute approximate surface area is 108 Å². The second-order valence-electron chi connectivity index (χ2n) is 4.13. The Kier molecular flexibility index (Phi) is 2.68. The molecule has 4 heteroatoms. The minimum absolute atomic E-state index is 0.513. The lowest BCUT2D eigenvalue weighted by atomic mass is 10.1. The molecule has 0 aliphatic carbocycles. The van der Waals surface area contributed by atoms with Gasteiger partial charge in [0.2, 0.25) is 0 Å². The van der Waals surface area contributed by atoms with E-state index >= 15 is 0 Å². The summed E-state index contributed by atoms with van der Waals surface area (Å²) in [6.07, 6.45) is 0. The van der Waals surface area contributed by atoms with Gasteiger partial charge in [-0.25, -0.2) is 4.98 Å². The van der Waals surface area contributed by atoms with Crippen LogP contribution >= 0.6 is 0 Å². The van der Waals surface area contributed by atoms with Crippen molar-refractivity contribution >= 4 is 10.9 Å². The maximum absolute atomic E-state index is 11.7. The van der Waals surface area contributed by atoms with Crippen molar-refractivity contribution in [3.05, 3.63) is 75.3 Å². The number of hydrogen-bond donors (Lipinski definition) is 1. The van der Waals surface area contributed by atoms with Gasteiger partial charge in [-0.15, -0.1) is 0 Å². The fraction of sp³-hybridized carbons (Fsp3) is 0. The van der Waals surface area contributed by atoms with E-state index in [1.165, 1.54) is 0 Å². The molecule has 1 aromatic heterocycles. The van der Waals surface area contributed by atoms with Crippen LogP contribution in [0, 0.1) is 0 Å². The number of rotatable bonds is 1. The van der Waals surface area contributed by atoms with Crippen molar-refractivity contribution < 1.29 is 0 Å². The Balaban J connectivity index is 2.52. The average molecular weight is 250 g/mol. The van der Waals surface area contributed by atoms with Crippen LogP contribution in [0.15, 0.2) is 64.2 Å². The molecule has 4 nitrogen and oxygen atoms in total. The van der Waals surface area contributed by atoms with Crippen molar-refractivity contribution in [1.82, 2.24) is 9.97 Å². The second-order valence-corrected chi connectivity index (χ2v) is 4.13. The Bertz CT molecular complexity index is 855. The lowest BCUT2D eigenvalue weighted by molar-refractivity contribution is 1.18. The largest absolute Gasteiger partial charge is 0.335 e. The van der Waals surface area contributed by atoms with Gasteiger partial charge in [-0.3, -0.25) is 9.59 Å². The number of aromatic nitrogens is 2. The quantitative estimate of drug-likeness (QED) is 0.671. The molecule has 1 heterocycles. The lowest BCUT2D eigenvalue weighted by Crippen LogP contribution is -2.25. The molecular formula is C15H10N2O2. The van der Waals surface area contributed by atoms with Gasteiger partial charge in [0.1, 0.15) is 0 Å². The number of benzene rings is 2. The number of nitrogens with one attached hydrogen (secondary N) is 1. The molecule has 19 heavy (non-hydrogen) atoms. The van der Waals surface area contributed by atoms with Crippen molar-refractivity contribution in [2.24, 2.45) is 0 Å². The zero-order chi connectivity index (χ0) is 13.2. The SMILES string of the molecule is O=c1nc(-c2ccccc2)c2ccccc2[nH]c1=O. The molecule has 0 amide bonds. The first-order valence-electron chi connectivity index (χ1n) is 5.84. The highest BCUT2D eigenvalue weighted by Gasteiger charge is 2.06. The van der Waals surface area contributed by atoms with Crippen LogP contribution in [-0.4, -0.2) is 9.97 Å². The predicted octanol–water partition coefficient (Wildman–Crippen LogP) is 1.95. The van der Waals surface area contributed by atoms with Crippen LogP contribution in [0.4, 0.5) is 0 Å². The van der Waals surface area contributed by atoms with E-state index in [2.05, 4.69) is 9.97 Å². The summed E-state index contributed by atoms with van der Waals surface area (Å²) in [5.74, 6) is 0. The number of para-hydroxylation sites is 1. The minimum atomic E-state index is -0.782. The molecule has 1 N–H and O–H groups in total. The summed E-state index contributed by atoms with van der Waals surface area (Å²) in [4.78, 5) is 29.8. The summed E-state index contributed by atoms with van der Waals surface area (Å²) < 4.78 is 0. The summed E-state index contributed by atoms with van der Waals surface area (Å²) in [5, 5.41) is 0.743. The number of H-pyrrole nitrogens is 1. The molecule has 2 aromatic carbocycles. The normalized spacial score (nSPS) is 10.5. The molecule has 0 aliphatic heterocycles. The van der Waals surface area contributed by atoms with Crippen molar-refractivity contribution in [2.75, 3.05) is 0 Å². The Morgan fingerprint density at radius 2 is 1.53 bits per heavy atom. The van der Waals surface area contributed by atoms with Crippen molar-refractivity contribution in [2.45, 2.75) is 0 Å². The monoisotopic (exact) mass is 250 g/mol. The molecule has 3 rings (SSSR count). The molecule has 3 aromatic rings. The van der Waals surface area contributed by atoms with Gasteiger partial charge in [0, 0.05) is 10.9 Å². The molecular weight excluding hydrogens is 240 g/mol. The number of hydrogen-bond acceptors (Lipinski definition) is 3. The van der Waals surface area contributed by atoms with E-state index in [9.17, 15) is 9.59 Å². The van der Waals surface area contributed by atoms with E-state index in [1.54, 1.807) is 12.1 Å². The van der Waals surface area contributed by atoms with Crippen LogP contribution < -0.4 is 11.1 Å². The molecule has 0 saturated heterocycles. The number of fused-ring (bicyclic) bond motifs is 1. The second kappa shape index (κ2) is 4.49. The fourth-order valence-electron chi connectivity index (χ4n) is 2.00. The van der Waals surface area contributed by atoms with E-state index in [4.69, 9.17) is 0 Å². The Morgan fingerprint density at radius 1 is 0.842 bits per heavy atom. The zero-order valence-electron chi connectivity index (χ0n) is 9.96. The topological polar surface area (TPSA) is 62.8 Å². The highest BCUT2D eigenvalue weighted by Crippen LogP contribution is 2.22. The van der Waals surface area contributed by atoms with E-state index in [0.717, 1.165) is 10.9 Å². The van der Waals surface area contributed by atoms with Gasteiger partial charge in [-0.2, -0.15) is 0 Å². The van der Waals surface area contributed by atoms with E-state index in [-0.39, 0.29) is 0 Å². The molecule has 0 atom stereocenters. The molecule has 0 fully saturated rings. The molecule has 0 saturated carbocycles. The van der Waals surface area contributed by atoms with Gasteiger partial charge in [-0.05, 0) is 6.07 Å². The first kappa shape index (κ1) is 11.3. The van der Waals surface area contributed by atoms with Gasteiger partial charge in [0.25, 0.3) is 0 Å². The highest BCUT2D eigenvalue weighted by molar-refractivity contribution is 5.91. The third-order valence-electron chi connectivity index (χ3n) is 2.89. The van der Waals surface area contributed by atoms with Crippen LogP contribution in [0.3, 0.4) is 0 Å². The van der Waals surface area contributed by atoms with E-state index in [1.807, 2.05) is 42.5 Å². The number of aromatic amines is 1. The smallest absolute Gasteiger partial charge is 0.317 e. The molecule has 92 valence electrons. The molecule has 0 bridgehead atoms. The van der Waals surface area contributed by atoms with Crippen LogP contribution in [0.5, 0.6) is 0 Å². The summed E-state index contributed by atoms with van der Waals surface area (Å²) in [5.41, 5.74) is 0.425. The third kappa shape index (κ3) is 2.04. The molecule has 0 radical (unpaired) electrons. The third-order valence-corrected chi connectivity index (χ3v) is 2.89. The molecule has 0 unspecified atom stereocenters. The summed E-state index contributed by atoms with van der Waals surface area (Å²) >= 11 is 0. The molecule has 0 aliphatic rings. The maximum atomic E-state index is 11.7. The van der Waals surface area contributed by atoms with Crippen LogP contribution in [-0.2, 0) is 0 Å². The van der Waals surface area contributed by atoms with E-state index < -0.39 is 11.1 Å². The van der Waals surface area contributed by atoms with Gasteiger partial charge in [0.05, 0.1) is 11.2 Å². The first-order chi connectivity index (χ1) is 9.25. The van der Waals surface area contributed by atoms with Gasteiger partial charge < -0.3 is 4.98 Å².